The predicted molar refractivity (Wildman–Crippen MR) is 57.0 cm³/mol. The van der Waals surface area contributed by atoms with Gasteiger partial charge in [0.05, 0.1) is 6.04 Å². The van der Waals surface area contributed by atoms with Gasteiger partial charge in [-0.3, -0.25) is 0 Å². The van der Waals surface area contributed by atoms with Crippen molar-refractivity contribution in [3.05, 3.63) is 35.1 Å². The van der Waals surface area contributed by atoms with Crippen LogP contribution in [0.3, 0.4) is 0 Å². The molecule has 2 unspecified atom stereocenters. The van der Waals surface area contributed by atoms with Crippen LogP contribution in [0.5, 0.6) is 0 Å². The number of nitrogens with two attached hydrogens (primary N) is 2. The second-order valence-electron chi connectivity index (χ2n) is 3.62. The minimum Gasteiger partial charge on any atom is -0.322 e. The normalized spacial score (nSPS) is 28.6. The molecule has 4 nitrogen and oxygen atoms in total. The Hall–Kier alpha value is -1.25. The molecule has 1 aromatic rings. The maximum atomic E-state index is 12.4. The van der Waals surface area contributed by atoms with Crippen LogP contribution < -0.4 is 11.5 Å². The molecule has 0 saturated heterocycles. The van der Waals surface area contributed by atoms with E-state index in [9.17, 15) is 13.2 Å². The van der Waals surface area contributed by atoms with Crippen LogP contribution in [0.4, 0.5) is 13.2 Å². The monoisotopic (exact) mass is 262 g/mol. The summed E-state index contributed by atoms with van der Waals surface area (Å²) in [6, 6.07) is -0.624. The summed E-state index contributed by atoms with van der Waals surface area (Å²) in [4.78, 5) is 3.42. The molecule has 8 heteroatoms. The molecule has 0 aromatic carbocycles. The molecule has 4 N–H and O–H groups in total. The maximum absolute atomic E-state index is 12.4. The summed E-state index contributed by atoms with van der Waals surface area (Å²) >= 11 is 0.614. The number of halogens is 3. The standard InChI is InChI=1S/C9H9F3N4S/c10-9(11,12)6-15-7(17-16-6)8(14)4-2-1-3-5(8)13/h1-5H,13-14H2. The second-order valence-corrected chi connectivity index (χ2v) is 4.38. The first-order valence-electron chi connectivity index (χ1n) is 4.66. The molecule has 0 saturated carbocycles. The zero-order chi connectivity index (χ0) is 12.7. The minimum absolute atomic E-state index is 0.0536. The number of allylic oxidation sites excluding steroid dienone is 2. The Balaban J connectivity index is 2.38. The molecule has 0 spiro atoms. The third-order valence-electron chi connectivity index (χ3n) is 2.40. The van der Waals surface area contributed by atoms with Gasteiger partial charge < -0.3 is 11.5 Å². The molecule has 0 radical (unpaired) electrons. The Morgan fingerprint density at radius 1 is 1.35 bits per heavy atom. The van der Waals surface area contributed by atoms with Gasteiger partial charge in [0.1, 0.15) is 10.5 Å². The highest BCUT2D eigenvalue weighted by molar-refractivity contribution is 7.05. The Kier molecular flexibility index (Phi) is 2.80. The van der Waals surface area contributed by atoms with Crippen LogP contribution in [0.1, 0.15) is 10.8 Å². The zero-order valence-corrected chi connectivity index (χ0v) is 9.29. The van der Waals surface area contributed by atoms with E-state index in [2.05, 4.69) is 9.36 Å². The molecular formula is C9H9F3N4S. The van der Waals surface area contributed by atoms with E-state index in [0.29, 0.717) is 11.5 Å². The summed E-state index contributed by atoms with van der Waals surface area (Å²) in [6.07, 6.45) is 1.87. The van der Waals surface area contributed by atoms with Gasteiger partial charge in [-0.15, -0.1) is 0 Å². The van der Waals surface area contributed by atoms with Crippen molar-refractivity contribution in [2.45, 2.75) is 17.8 Å². The van der Waals surface area contributed by atoms with E-state index in [1.54, 1.807) is 18.2 Å². The van der Waals surface area contributed by atoms with Crippen molar-refractivity contribution in [2.75, 3.05) is 0 Å². The van der Waals surface area contributed by atoms with Crippen molar-refractivity contribution >= 4 is 11.5 Å². The summed E-state index contributed by atoms with van der Waals surface area (Å²) in [6.45, 7) is 0. The Labute approximate surface area is 99.0 Å². The first-order chi connectivity index (χ1) is 7.84. The molecule has 1 aliphatic carbocycles. The highest BCUT2D eigenvalue weighted by Crippen LogP contribution is 2.32. The number of hydrogen-bond donors (Lipinski definition) is 2. The van der Waals surface area contributed by atoms with Gasteiger partial charge in [0.25, 0.3) is 0 Å². The SMILES string of the molecule is NC1C=CC=CC1(N)c1nc(C(F)(F)F)ns1. The lowest BCUT2D eigenvalue weighted by atomic mass is 9.88. The van der Waals surface area contributed by atoms with Crippen LogP contribution in [0.15, 0.2) is 24.3 Å². The molecule has 1 aliphatic rings. The molecule has 17 heavy (non-hydrogen) atoms. The molecule has 2 rings (SSSR count). The van der Waals surface area contributed by atoms with Crippen LogP contribution in [0, 0.1) is 0 Å². The summed E-state index contributed by atoms with van der Waals surface area (Å²) in [5, 5.41) is 0.0536. The van der Waals surface area contributed by atoms with Crippen LogP contribution >= 0.6 is 11.5 Å². The van der Waals surface area contributed by atoms with Gasteiger partial charge in [-0.2, -0.15) is 17.5 Å². The van der Waals surface area contributed by atoms with Crippen LogP contribution in [0.2, 0.25) is 0 Å². The summed E-state index contributed by atoms with van der Waals surface area (Å²) in [5.41, 5.74) is 10.5. The van der Waals surface area contributed by atoms with E-state index in [1.165, 1.54) is 6.08 Å². The number of hydrogen-bond acceptors (Lipinski definition) is 5. The van der Waals surface area contributed by atoms with E-state index < -0.39 is 23.6 Å². The fourth-order valence-electron chi connectivity index (χ4n) is 1.40. The van der Waals surface area contributed by atoms with Crippen molar-refractivity contribution in [3.8, 4) is 0 Å². The zero-order valence-electron chi connectivity index (χ0n) is 8.48. The third kappa shape index (κ3) is 2.11. The lowest BCUT2D eigenvalue weighted by Gasteiger charge is -2.29. The smallest absolute Gasteiger partial charge is 0.322 e. The number of nitrogens with zero attached hydrogens (tertiary/aromatic N) is 2. The lowest BCUT2D eigenvalue weighted by Crippen LogP contribution is -2.51. The van der Waals surface area contributed by atoms with Crippen molar-refractivity contribution in [1.82, 2.24) is 9.36 Å². The first kappa shape index (κ1) is 12.2. The summed E-state index contributed by atoms with van der Waals surface area (Å²) in [5.74, 6) is -1.18. The number of aromatic nitrogens is 2. The van der Waals surface area contributed by atoms with E-state index in [4.69, 9.17) is 11.5 Å². The largest absolute Gasteiger partial charge is 0.452 e. The maximum Gasteiger partial charge on any atom is 0.452 e. The van der Waals surface area contributed by atoms with E-state index >= 15 is 0 Å². The van der Waals surface area contributed by atoms with Gasteiger partial charge in [0.15, 0.2) is 0 Å². The minimum atomic E-state index is -4.57. The van der Waals surface area contributed by atoms with Gasteiger partial charge in [0, 0.05) is 0 Å². The van der Waals surface area contributed by atoms with Gasteiger partial charge in [-0.1, -0.05) is 24.3 Å². The average molecular weight is 262 g/mol. The van der Waals surface area contributed by atoms with Gasteiger partial charge >= 0.3 is 6.18 Å². The Bertz CT molecular complexity index is 479. The van der Waals surface area contributed by atoms with Crippen molar-refractivity contribution in [2.24, 2.45) is 11.5 Å². The molecule has 1 aromatic heterocycles. The van der Waals surface area contributed by atoms with Gasteiger partial charge in [-0.05, 0) is 11.5 Å². The third-order valence-corrected chi connectivity index (χ3v) is 3.29. The Morgan fingerprint density at radius 3 is 2.59 bits per heavy atom. The van der Waals surface area contributed by atoms with Crippen LogP contribution in [0.25, 0.3) is 0 Å². The lowest BCUT2D eigenvalue weighted by molar-refractivity contribution is -0.144. The fourth-order valence-corrected chi connectivity index (χ4v) is 2.20. The van der Waals surface area contributed by atoms with Gasteiger partial charge in [-0.25, -0.2) is 4.98 Å². The molecule has 2 atom stereocenters. The van der Waals surface area contributed by atoms with E-state index in [0.717, 1.165) is 0 Å². The van der Waals surface area contributed by atoms with Crippen molar-refractivity contribution in [3.63, 3.8) is 0 Å². The second kappa shape index (κ2) is 3.90. The quantitative estimate of drug-likeness (QED) is 0.796. The van der Waals surface area contributed by atoms with Crippen molar-refractivity contribution < 1.29 is 13.2 Å². The molecular weight excluding hydrogens is 253 g/mol. The summed E-state index contributed by atoms with van der Waals surface area (Å²) in [7, 11) is 0. The average Bonchev–Trinajstić information content (AvgIpc) is 2.71. The van der Waals surface area contributed by atoms with E-state index in [-0.39, 0.29) is 5.01 Å². The number of rotatable bonds is 1. The molecule has 92 valence electrons. The van der Waals surface area contributed by atoms with Gasteiger partial charge in [0.2, 0.25) is 5.82 Å². The molecule has 0 fully saturated rings. The van der Waals surface area contributed by atoms with E-state index in [1.807, 2.05) is 0 Å². The summed E-state index contributed by atoms with van der Waals surface area (Å²) < 4.78 is 40.4. The molecule has 0 amide bonds. The topological polar surface area (TPSA) is 77.8 Å². The highest BCUT2D eigenvalue weighted by Gasteiger charge is 2.41. The van der Waals surface area contributed by atoms with Crippen LogP contribution in [-0.2, 0) is 11.7 Å². The predicted octanol–water partition coefficient (Wildman–Crippen LogP) is 1.16. The molecule has 0 bridgehead atoms. The molecule has 1 heterocycles. The van der Waals surface area contributed by atoms with Crippen LogP contribution in [-0.4, -0.2) is 15.4 Å². The fraction of sp³-hybridized carbons (Fsp3) is 0.333. The molecule has 0 aliphatic heterocycles. The number of alkyl halides is 3. The Morgan fingerprint density at radius 2 is 2.06 bits per heavy atom. The highest BCUT2D eigenvalue weighted by atomic mass is 32.1. The van der Waals surface area contributed by atoms with Crippen molar-refractivity contribution in [1.29, 1.82) is 0 Å². The first-order valence-corrected chi connectivity index (χ1v) is 5.43.